The van der Waals surface area contributed by atoms with Gasteiger partial charge in [0.05, 0.1) is 35.7 Å². The molecule has 2 aliphatic heterocycles. The van der Waals surface area contributed by atoms with E-state index in [2.05, 4.69) is 21.4 Å². The van der Waals surface area contributed by atoms with Gasteiger partial charge in [-0.05, 0) is 35.4 Å². The molecule has 9 heteroatoms. The Kier molecular flexibility index (Phi) is 5.55. The Morgan fingerprint density at radius 1 is 1.05 bits per heavy atom. The standard InChI is InChI=1S/C29H23N5O4/c30-14-17-7-1-2-10-21(17)25-23-24(27(36)34(26(23)35)16-19-8-5-6-12-31-19)29(33-25,28(37)38)13-18-15-32-22-11-4-3-9-20(18)22/h1-12,15,23-25,32-33H,13,16H2,(H,37,38). The summed E-state index contributed by atoms with van der Waals surface area (Å²) in [6.45, 7) is -0.0547. The number of rotatable bonds is 6. The van der Waals surface area contributed by atoms with Crippen molar-refractivity contribution in [1.29, 1.82) is 5.26 Å². The summed E-state index contributed by atoms with van der Waals surface area (Å²) >= 11 is 0. The molecule has 2 saturated heterocycles. The minimum atomic E-state index is -1.78. The lowest BCUT2D eigenvalue weighted by molar-refractivity contribution is -0.151. The summed E-state index contributed by atoms with van der Waals surface area (Å²) in [5.74, 6) is -4.44. The molecule has 188 valence electrons. The number of nitriles is 1. The number of carboxylic acids is 1. The van der Waals surface area contributed by atoms with Crippen LogP contribution in [0.1, 0.15) is 28.4 Å². The molecule has 2 aromatic heterocycles. The third-order valence-corrected chi connectivity index (χ3v) is 7.73. The SMILES string of the molecule is N#Cc1ccccc1C1NC(Cc2c[nH]c3ccccc23)(C(=O)O)C2C(=O)N(Cc3ccccn3)C(=O)C12. The van der Waals surface area contributed by atoms with Crippen LogP contribution in [0, 0.1) is 23.2 Å². The van der Waals surface area contributed by atoms with Gasteiger partial charge < -0.3 is 10.1 Å². The van der Waals surface area contributed by atoms with E-state index in [1.165, 1.54) is 0 Å². The monoisotopic (exact) mass is 505 g/mol. The van der Waals surface area contributed by atoms with Crippen LogP contribution >= 0.6 is 0 Å². The highest BCUT2D eigenvalue weighted by Gasteiger charge is 2.68. The summed E-state index contributed by atoms with van der Waals surface area (Å²) in [7, 11) is 0. The molecule has 9 nitrogen and oxygen atoms in total. The van der Waals surface area contributed by atoms with Crippen molar-refractivity contribution in [2.45, 2.75) is 24.5 Å². The lowest BCUT2D eigenvalue weighted by Gasteiger charge is -2.31. The van der Waals surface area contributed by atoms with E-state index in [9.17, 15) is 24.8 Å². The molecule has 2 aromatic carbocycles. The smallest absolute Gasteiger partial charge is 0.325 e. The second-order valence-electron chi connectivity index (χ2n) is 9.72. The first-order valence-electron chi connectivity index (χ1n) is 12.2. The predicted octanol–water partition coefficient (Wildman–Crippen LogP) is 2.95. The number of carbonyl (C=O) groups excluding carboxylic acids is 2. The van der Waals surface area contributed by atoms with E-state index < -0.39 is 41.2 Å². The fourth-order valence-corrected chi connectivity index (χ4v) is 6.02. The fraction of sp³-hybridized carbons (Fsp3) is 0.207. The van der Waals surface area contributed by atoms with Gasteiger partial charge in [0.1, 0.15) is 5.54 Å². The number of fused-ring (bicyclic) bond motifs is 2. The zero-order valence-electron chi connectivity index (χ0n) is 20.2. The van der Waals surface area contributed by atoms with Crippen molar-refractivity contribution in [3.8, 4) is 6.07 Å². The molecule has 2 aliphatic rings. The van der Waals surface area contributed by atoms with Gasteiger partial charge in [0.2, 0.25) is 11.8 Å². The molecule has 0 radical (unpaired) electrons. The second kappa shape index (κ2) is 8.94. The Balaban J connectivity index is 1.49. The third kappa shape index (κ3) is 3.49. The number of pyridine rings is 1. The molecule has 2 amide bonds. The van der Waals surface area contributed by atoms with Gasteiger partial charge in [0, 0.05) is 35.8 Å². The van der Waals surface area contributed by atoms with Crippen LogP contribution in [-0.4, -0.2) is 43.3 Å². The van der Waals surface area contributed by atoms with E-state index in [0.717, 1.165) is 15.8 Å². The lowest BCUT2D eigenvalue weighted by atomic mass is 9.76. The topological polar surface area (TPSA) is 139 Å². The van der Waals surface area contributed by atoms with Crippen LogP contribution in [0.3, 0.4) is 0 Å². The molecule has 3 N–H and O–H groups in total. The molecule has 0 saturated carbocycles. The average Bonchev–Trinajstić information content (AvgIpc) is 3.58. The van der Waals surface area contributed by atoms with Crippen molar-refractivity contribution >= 4 is 28.7 Å². The fourth-order valence-electron chi connectivity index (χ4n) is 6.02. The van der Waals surface area contributed by atoms with Crippen molar-refractivity contribution in [3.05, 3.63) is 102 Å². The number of imide groups is 1. The van der Waals surface area contributed by atoms with Gasteiger partial charge in [0.25, 0.3) is 0 Å². The Morgan fingerprint density at radius 3 is 2.58 bits per heavy atom. The maximum absolute atomic E-state index is 13.9. The highest BCUT2D eigenvalue weighted by Crippen LogP contribution is 2.51. The molecule has 4 aromatic rings. The molecular formula is C29H23N5O4. The van der Waals surface area contributed by atoms with Gasteiger partial charge in [-0.15, -0.1) is 0 Å². The quantitative estimate of drug-likeness (QED) is 0.342. The highest BCUT2D eigenvalue weighted by molar-refractivity contribution is 6.09. The number of amides is 2. The normalized spacial score (nSPS) is 24.5. The molecule has 4 heterocycles. The molecule has 0 spiro atoms. The molecular weight excluding hydrogens is 482 g/mol. The summed E-state index contributed by atoms with van der Waals surface area (Å²) < 4.78 is 0. The van der Waals surface area contributed by atoms with Crippen LogP contribution in [0.15, 0.2) is 79.1 Å². The Hall–Kier alpha value is -4.81. The van der Waals surface area contributed by atoms with Crippen molar-refractivity contribution in [2.75, 3.05) is 0 Å². The number of carboxylic acid groups (broad SMARTS) is 1. The largest absolute Gasteiger partial charge is 0.480 e. The van der Waals surface area contributed by atoms with Gasteiger partial charge in [-0.25, -0.2) is 0 Å². The van der Waals surface area contributed by atoms with Gasteiger partial charge in [0.15, 0.2) is 0 Å². The van der Waals surface area contributed by atoms with E-state index >= 15 is 0 Å². The molecule has 0 aliphatic carbocycles. The number of likely N-dealkylation sites (tertiary alicyclic amines) is 1. The number of aromatic amines is 1. The minimum Gasteiger partial charge on any atom is -0.480 e. The summed E-state index contributed by atoms with van der Waals surface area (Å²) in [5.41, 5.74) is 1.11. The number of hydrogen-bond acceptors (Lipinski definition) is 6. The first-order valence-corrected chi connectivity index (χ1v) is 12.2. The highest BCUT2D eigenvalue weighted by atomic mass is 16.4. The Labute approximate surface area is 217 Å². The van der Waals surface area contributed by atoms with Crippen LogP contribution in [0.2, 0.25) is 0 Å². The number of aliphatic carboxylic acids is 1. The second-order valence-corrected chi connectivity index (χ2v) is 9.72. The first-order chi connectivity index (χ1) is 18.4. The zero-order valence-corrected chi connectivity index (χ0v) is 20.2. The zero-order chi connectivity index (χ0) is 26.4. The number of para-hydroxylation sites is 1. The van der Waals surface area contributed by atoms with Crippen LogP contribution in [0.5, 0.6) is 0 Å². The average molecular weight is 506 g/mol. The molecule has 4 unspecified atom stereocenters. The van der Waals surface area contributed by atoms with Gasteiger partial charge in [-0.1, -0.05) is 42.5 Å². The van der Waals surface area contributed by atoms with Crippen molar-refractivity contribution < 1.29 is 19.5 Å². The summed E-state index contributed by atoms with van der Waals surface area (Å²) in [6, 6.07) is 20.8. The van der Waals surface area contributed by atoms with Crippen LogP contribution in [0.25, 0.3) is 10.9 Å². The molecule has 4 atom stereocenters. The van der Waals surface area contributed by atoms with Crippen LogP contribution in [0.4, 0.5) is 0 Å². The van der Waals surface area contributed by atoms with Crippen molar-refractivity contribution in [3.63, 3.8) is 0 Å². The third-order valence-electron chi connectivity index (χ3n) is 7.73. The first kappa shape index (κ1) is 23.6. The number of aromatic nitrogens is 2. The summed E-state index contributed by atoms with van der Waals surface area (Å²) in [5, 5.41) is 24.5. The Bertz CT molecular complexity index is 1620. The lowest BCUT2D eigenvalue weighted by Crippen LogP contribution is -2.57. The van der Waals surface area contributed by atoms with Crippen LogP contribution < -0.4 is 5.32 Å². The number of H-pyrrole nitrogens is 1. The molecule has 2 fully saturated rings. The van der Waals surface area contributed by atoms with E-state index in [1.807, 2.05) is 24.3 Å². The van der Waals surface area contributed by atoms with Gasteiger partial charge in [-0.2, -0.15) is 5.26 Å². The maximum Gasteiger partial charge on any atom is 0.325 e. The van der Waals surface area contributed by atoms with Gasteiger partial charge in [-0.3, -0.25) is 29.6 Å². The van der Waals surface area contributed by atoms with E-state index in [4.69, 9.17) is 0 Å². The van der Waals surface area contributed by atoms with E-state index in [0.29, 0.717) is 22.4 Å². The minimum absolute atomic E-state index is 0.0326. The van der Waals surface area contributed by atoms with E-state index in [1.54, 1.807) is 54.9 Å². The molecule has 38 heavy (non-hydrogen) atoms. The predicted molar refractivity (Wildman–Crippen MR) is 136 cm³/mol. The number of nitrogens with zero attached hydrogens (tertiary/aromatic N) is 3. The molecule has 6 rings (SSSR count). The van der Waals surface area contributed by atoms with E-state index in [-0.39, 0.29) is 13.0 Å². The maximum atomic E-state index is 13.9. The number of carbonyl (C=O) groups is 3. The van der Waals surface area contributed by atoms with Crippen LogP contribution in [-0.2, 0) is 27.3 Å². The molecule has 0 bridgehead atoms. The summed E-state index contributed by atoms with van der Waals surface area (Å²) in [6.07, 6.45) is 3.29. The summed E-state index contributed by atoms with van der Waals surface area (Å²) in [4.78, 5) is 49.5. The Morgan fingerprint density at radius 2 is 1.82 bits per heavy atom. The van der Waals surface area contributed by atoms with Gasteiger partial charge >= 0.3 is 5.97 Å². The number of hydrogen-bond donors (Lipinski definition) is 3. The number of benzene rings is 2. The number of nitrogens with one attached hydrogen (secondary N) is 2. The van der Waals surface area contributed by atoms with Crippen molar-refractivity contribution in [1.82, 2.24) is 20.2 Å². The van der Waals surface area contributed by atoms with Crippen molar-refractivity contribution in [2.24, 2.45) is 11.8 Å².